The number of hydrogen-bond acceptors (Lipinski definition) is 3. The molecule has 4 rings (SSSR count). The van der Waals surface area contributed by atoms with Gasteiger partial charge >= 0.3 is 6.09 Å². The van der Waals surface area contributed by atoms with Crippen LogP contribution >= 0.6 is 12.4 Å². The fourth-order valence-electron chi connectivity index (χ4n) is 4.00. The molecule has 2 bridgehead atoms. The van der Waals surface area contributed by atoms with E-state index in [-0.39, 0.29) is 24.1 Å². The molecule has 1 aliphatic carbocycles. The lowest BCUT2D eigenvalue weighted by Gasteiger charge is -2.45. The zero-order valence-electron chi connectivity index (χ0n) is 11.3. The van der Waals surface area contributed by atoms with Gasteiger partial charge in [-0.05, 0) is 31.6 Å². The second kappa shape index (κ2) is 4.81. The fourth-order valence-corrected chi connectivity index (χ4v) is 4.00. The minimum atomic E-state index is -0.131. The molecular weight excluding hydrogens is 264 g/mol. The van der Waals surface area contributed by atoms with Crippen LogP contribution in [0, 0.1) is 5.92 Å². The predicted octanol–water partition coefficient (Wildman–Crippen LogP) is 2.31. The number of ether oxygens (including phenoxy) is 1. The van der Waals surface area contributed by atoms with Gasteiger partial charge in [-0.3, -0.25) is 0 Å². The van der Waals surface area contributed by atoms with E-state index in [1.54, 1.807) is 0 Å². The maximum atomic E-state index is 12.1. The summed E-state index contributed by atoms with van der Waals surface area (Å²) in [4.78, 5) is 14.1. The van der Waals surface area contributed by atoms with E-state index in [1.807, 2.05) is 4.90 Å². The lowest BCUT2D eigenvalue weighted by atomic mass is 9.83. The highest BCUT2D eigenvalue weighted by Crippen LogP contribution is 2.41. The Bertz CT molecular complexity index is 360. The third-order valence-corrected chi connectivity index (χ3v) is 5.15. The molecule has 5 heteroatoms. The van der Waals surface area contributed by atoms with Crippen molar-refractivity contribution in [2.75, 3.05) is 13.1 Å². The summed E-state index contributed by atoms with van der Waals surface area (Å²) < 4.78 is 5.88. The van der Waals surface area contributed by atoms with Crippen LogP contribution in [0.5, 0.6) is 0 Å². The van der Waals surface area contributed by atoms with Gasteiger partial charge in [-0.25, -0.2) is 4.79 Å². The standard InChI is InChI=1S/C14H22N2O2.ClH/c17-13-16(9-10-1-2-10)6-5-14(18-13)7-11-3-4-12(8-14)15-11;/h10-12,15H,1-9H2;1H/t11-,12+,14?;. The van der Waals surface area contributed by atoms with Gasteiger partial charge < -0.3 is 15.0 Å². The summed E-state index contributed by atoms with van der Waals surface area (Å²) in [5, 5.41) is 3.63. The Labute approximate surface area is 120 Å². The first-order valence-electron chi connectivity index (χ1n) is 7.46. The van der Waals surface area contributed by atoms with Crippen LogP contribution in [0.1, 0.15) is 44.9 Å². The van der Waals surface area contributed by atoms with Gasteiger partial charge in [-0.15, -0.1) is 12.4 Å². The monoisotopic (exact) mass is 286 g/mol. The maximum absolute atomic E-state index is 12.1. The molecule has 1 N–H and O–H groups in total. The minimum absolute atomic E-state index is 0. The summed E-state index contributed by atoms with van der Waals surface area (Å²) in [6.07, 6.45) is 8.17. The van der Waals surface area contributed by atoms with Crippen molar-refractivity contribution in [3.8, 4) is 0 Å². The Morgan fingerprint density at radius 3 is 2.47 bits per heavy atom. The summed E-state index contributed by atoms with van der Waals surface area (Å²) in [6, 6.07) is 1.18. The number of fused-ring (bicyclic) bond motifs is 2. The molecule has 3 atom stereocenters. The fraction of sp³-hybridized carbons (Fsp3) is 0.929. The van der Waals surface area contributed by atoms with Gasteiger partial charge in [0.15, 0.2) is 0 Å². The van der Waals surface area contributed by atoms with E-state index >= 15 is 0 Å². The number of piperidine rings is 1. The molecular formula is C14H23ClN2O2. The van der Waals surface area contributed by atoms with Crippen LogP contribution in [0.2, 0.25) is 0 Å². The van der Waals surface area contributed by atoms with Gasteiger partial charge in [0.2, 0.25) is 0 Å². The topological polar surface area (TPSA) is 41.6 Å². The van der Waals surface area contributed by atoms with Crippen molar-refractivity contribution in [2.45, 2.75) is 62.6 Å². The molecule has 19 heavy (non-hydrogen) atoms. The summed E-state index contributed by atoms with van der Waals surface area (Å²) in [5.74, 6) is 0.760. The predicted molar refractivity (Wildman–Crippen MR) is 74.6 cm³/mol. The van der Waals surface area contributed by atoms with Crippen LogP contribution in [-0.4, -0.2) is 41.8 Å². The minimum Gasteiger partial charge on any atom is -0.443 e. The van der Waals surface area contributed by atoms with Gasteiger partial charge in [0.1, 0.15) is 5.60 Å². The van der Waals surface area contributed by atoms with Crippen molar-refractivity contribution in [3.05, 3.63) is 0 Å². The lowest BCUT2D eigenvalue weighted by Crippen LogP contribution is -2.57. The SMILES string of the molecule is Cl.O=C1OC2(CCN1CC1CC1)C[C@H]1CC[C@@H](C2)N1. The lowest BCUT2D eigenvalue weighted by molar-refractivity contribution is -0.0748. The van der Waals surface area contributed by atoms with E-state index in [9.17, 15) is 4.79 Å². The van der Waals surface area contributed by atoms with Gasteiger partial charge in [-0.2, -0.15) is 0 Å². The quantitative estimate of drug-likeness (QED) is 0.847. The van der Waals surface area contributed by atoms with E-state index in [0.29, 0.717) is 12.1 Å². The molecule has 108 valence electrons. The molecule has 3 aliphatic heterocycles. The summed E-state index contributed by atoms with van der Waals surface area (Å²) in [5.41, 5.74) is -0.131. The molecule has 1 unspecified atom stereocenters. The Hall–Kier alpha value is -0.480. The van der Waals surface area contributed by atoms with Gasteiger partial charge in [0.05, 0.1) is 0 Å². The molecule has 4 aliphatic rings. The van der Waals surface area contributed by atoms with Crippen LogP contribution < -0.4 is 5.32 Å². The summed E-state index contributed by atoms with van der Waals surface area (Å²) in [6.45, 7) is 1.84. The second-order valence-electron chi connectivity index (χ2n) is 6.74. The summed E-state index contributed by atoms with van der Waals surface area (Å²) in [7, 11) is 0. The molecule has 3 saturated heterocycles. The van der Waals surface area contributed by atoms with Crippen molar-refractivity contribution in [1.82, 2.24) is 10.2 Å². The highest BCUT2D eigenvalue weighted by molar-refractivity contribution is 5.85. The Morgan fingerprint density at radius 2 is 1.89 bits per heavy atom. The smallest absolute Gasteiger partial charge is 0.410 e. The molecule has 0 aromatic rings. The highest BCUT2D eigenvalue weighted by Gasteiger charge is 2.49. The second-order valence-corrected chi connectivity index (χ2v) is 6.74. The van der Waals surface area contributed by atoms with E-state index in [2.05, 4.69) is 5.32 Å². The molecule has 0 radical (unpaired) electrons. The van der Waals surface area contributed by atoms with Crippen LogP contribution in [-0.2, 0) is 4.74 Å². The third kappa shape index (κ3) is 2.57. The number of rotatable bonds is 2. The van der Waals surface area contributed by atoms with Crippen molar-refractivity contribution in [1.29, 1.82) is 0 Å². The molecule has 0 aromatic carbocycles. The van der Waals surface area contributed by atoms with Crippen LogP contribution in [0.4, 0.5) is 4.79 Å². The van der Waals surface area contributed by atoms with Crippen LogP contribution in [0.25, 0.3) is 0 Å². The molecule has 1 amide bonds. The van der Waals surface area contributed by atoms with Crippen LogP contribution in [0.15, 0.2) is 0 Å². The number of nitrogens with one attached hydrogen (secondary N) is 1. The number of amides is 1. The van der Waals surface area contributed by atoms with Gasteiger partial charge in [-0.1, -0.05) is 0 Å². The number of hydrogen-bond donors (Lipinski definition) is 1. The van der Waals surface area contributed by atoms with Crippen molar-refractivity contribution < 1.29 is 9.53 Å². The third-order valence-electron chi connectivity index (χ3n) is 5.15. The Kier molecular flexibility index (Phi) is 3.42. The number of carbonyl (C=O) groups excluding carboxylic acids is 1. The largest absolute Gasteiger partial charge is 0.443 e. The normalized spacial score (nSPS) is 41.1. The molecule has 0 aromatic heterocycles. The maximum Gasteiger partial charge on any atom is 0.410 e. The highest BCUT2D eigenvalue weighted by atomic mass is 35.5. The number of halogens is 1. The van der Waals surface area contributed by atoms with Gasteiger partial charge in [0, 0.05) is 44.4 Å². The van der Waals surface area contributed by atoms with Crippen LogP contribution in [0.3, 0.4) is 0 Å². The molecule has 4 fully saturated rings. The molecule has 4 nitrogen and oxygen atoms in total. The van der Waals surface area contributed by atoms with E-state index in [1.165, 1.54) is 25.7 Å². The Morgan fingerprint density at radius 1 is 1.21 bits per heavy atom. The number of carbonyl (C=O) groups is 1. The van der Waals surface area contributed by atoms with Crippen molar-refractivity contribution in [2.24, 2.45) is 5.92 Å². The zero-order valence-corrected chi connectivity index (χ0v) is 12.1. The van der Waals surface area contributed by atoms with Gasteiger partial charge in [0.25, 0.3) is 0 Å². The van der Waals surface area contributed by atoms with E-state index < -0.39 is 0 Å². The average Bonchev–Trinajstić information content (AvgIpc) is 3.08. The molecule has 1 spiro atoms. The average molecular weight is 287 g/mol. The molecule has 1 saturated carbocycles. The van der Waals surface area contributed by atoms with Crippen molar-refractivity contribution in [3.63, 3.8) is 0 Å². The molecule has 3 heterocycles. The van der Waals surface area contributed by atoms with E-state index in [0.717, 1.165) is 38.3 Å². The summed E-state index contributed by atoms with van der Waals surface area (Å²) >= 11 is 0. The van der Waals surface area contributed by atoms with E-state index in [4.69, 9.17) is 4.74 Å². The van der Waals surface area contributed by atoms with Crippen molar-refractivity contribution >= 4 is 18.5 Å². The zero-order chi connectivity index (χ0) is 12.2. The number of nitrogens with zero attached hydrogens (tertiary/aromatic N) is 1. The first-order valence-corrected chi connectivity index (χ1v) is 7.46. The Balaban J connectivity index is 0.00000110. The first kappa shape index (κ1) is 13.5. The first-order chi connectivity index (χ1) is 8.72.